The number of aliphatic hydroxyl groups excluding tert-OH is 1. The number of carbonyl (C=O) groups is 1. The fourth-order valence-electron chi connectivity index (χ4n) is 2.77. The standard InChI is InChI=1S/C20H20N2O4S/c1-26-18-10-5-3-8-15(18)17(24)13-27-20-21-16-9-4-2-7-14(16)19(25)22(20)11-6-12-23/h2-5,7-10,23H,6,11-13H2,1H3. The maximum atomic E-state index is 12.8. The Kier molecular flexibility index (Phi) is 6.26. The van der Waals surface area contributed by atoms with Crippen LogP contribution < -0.4 is 10.3 Å². The van der Waals surface area contributed by atoms with Gasteiger partial charge in [0.2, 0.25) is 0 Å². The van der Waals surface area contributed by atoms with Crippen molar-refractivity contribution in [1.29, 1.82) is 0 Å². The predicted octanol–water partition coefficient (Wildman–Crippen LogP) is 2.76. The first-order valence-corrected chi connectivity index (χ1v) is 9.53. The molecule has 27 heavy (non-hydrogen) atoms. The summed E-state index contributed by atoms with van der Waals surface area (Å²) in [7, 11) is 1.52. The van der Waals surface area contributed by atoms with Crippen molar-refractivity contribution in [3.05, 3.63) is 64.4 Å². The second-order valence-corrected chi connectivity index (χ2v) is 6.80. The Labute approximate surface area is 160 Å². The van der Waals surface area contributed by atoms with Crippen molar-refractivity contribution in [2.24, 2.45) is 0 Å². The number of benzene rings is 2. The van der Waals surface area contributed by atoms with Crippen LogP contribution in [0.3, 0.4) is 0 Å². The van der Waals surface area contributed by atoms with Crippen molar-refractivity contribution in [3.8, 4) is 5.75 Å². The Hall–Kier alpha value is -2.64. The minimum atomic E-state index is -0.165. The maximum absolute atomic E-state index is 12.8. The van der Waals surface area contributed by atoms with E-state index in [9.17, 15) is 9.59 Å². The van der Waals surface area contributed by atoms with Crippen LogP contribution in [0.2, 0.25) is 0 Å². The molecule has 0 radical (unpaired) electrons. The van der Waals surface area contributed by atoms with E-state index in [1.807, 2.05) is 6.07 Å². The summed E-state index contributed by atoms with van der Waals surface area (Å²) in [5.41, 5.74) is 0.925. The number of methoxy groups -OCH3 is 1. The van der Waals surface area contributed by atoms with Gasteiger partial charge in [0.15, 0.2) is 10.9 Å². The Morgan fingerprint density at radius 1 is 1.19 bits per heavy atom. The summed E-state index contributed by atoms with van der Waals surface area (Å²) in [5, 5.41) is 10.1. The van der Waals surface area contributed by atoms with Gasteiger partial charge in [-0.25, -0.2) is 4.98 Å². The average Bonchev–Trinajstić information content (AvgIpc) is 2.71. The van der Waals surface area contributed by atoms with E-state index >= 15 is 0 Å². The van der Waals surface area contributed by atoms with E-state index in [0.29, 0.717) is 40.3 Å². The zero-order valence-corrected chi connectivity index (χ0v) is 15.7. The van der Waals surface area contributed by atoms with Crippen molar-refractivity contribution < 1.29 is 14.6 Å². The Morgan fingerprint density at radius 2 is 1.93 bits per heavy atom. The molecule has 3 rings (SSSR count). The zero-order valence-electron chi connectivity index (χ0n) is 14.9. The van der Waals surface area contributed by atoms with Gasteiger partial charge in [-0.15, -0.1) is 0 Å². The molecule has 0 spiro atoms. The molecule has 7 heteroatoms. The van der Waals surface area contributed by atoms with E-state index in [4.69, 9.17) is 9.84 Å². The van der Waals surface area contributed by atoms with E-state index in [0.717, 1.165) is 0 Å². The van der Waals surface area contributed by atoms with Gasteiger partial charge >= 0.3 is 0 Å². The number of rotatable bonds is 8. The first-order chi connectivity index (χ1) is 13.2. The number of aromatic nitrogens is 2. The summed E-state index contributed by atoms with van der Waals surface area (Å²) in [5.74, 6) is 0.547. The predicted molar refractivity (Wildman–Crippen MR) is 106 cm³/mol. The first-order valence-electron chi connectivity index (χ1n) is 8.55. The fraction of sp³-hybridized carbons (Fsp3) is 0.250. The van der Waals surface area contributed by atoms with Gasteiger partial charge in [0.25, 0.3) is 5.56 Å². The van der Waals surface area contributed by atoms with Gasteiger partial charge < -0.3 is 9.84 Å². The molecule has 1 N–H and O–H groups in total. The van der Waals surface area contributed by atoms with E-state index < -0.39 is 0 Å². The lowest BCUT2D eigenvalue weighted by Crippen LogP contribution is -2.24. The van der Waals surface area contributed by atoms with Gasteiger partial charge in [0.1, 0.15) is 5.75 Å². The van der Waals surface area contributed by atoms with Crippen LogP contribution in [0.5, 0.6) is 5.75 Å². The summed E-state index contributed by atoms with van der Waals surface area (Å²) in [6, 6.07) is 14.2. The maximum Gasteiger partial charge on any atom is 0.262 e. The zero-order chi connectivity index (χ0) is 19.2. The fourth-order valence-corrected chi connectivity index (χ4v) is 3.68. The highest BCUT2D eigenvalue weighted by Crippen LogP contribution is 2.23. The molecule has 0 aliphatic heterocycles. The van der Waals surface area contributed by atoms with Crippen LogP contribution in [0.4, 0.5) is 0 Å². The molecule has 0 atom stereocenters. The van der Waals surface area contributed by atoms with E-state index in [1.54, 1.807) is 42.5 Å². The van der Waals surface area contributed by atoms with Gasteiger partial charge in [0, 0.05) is 13.2 Å². The van der Waals surface area contributed by atoms with Gasteiger partial charge in [-0.1, -0.05) is 36.0 Å². The highest BCUT2D eigenvalue weighted by atomic mass is 32.2. The average molecular weight is 384 g/mol. The van der Waals surface area contributed by atoms with Gasteiger partial charge in [0.05, 0.1) is 29.3 Å². The molecule has 0 saturated heterocycles. The number of hydrogen-bond acceptors (Lipinski definition) is 6. The summed E-state index contributed by atoms with van der Waals surface area (Å²) in [6.07, 6.45) is 0.438. The van der Waals surface area contributed by atoms with Crippen LogP contribution in [0.25, 0.3) is 10.9 Å². The number of para-hydroxylation sites is 2. The van der Waals surface area contributed by atoms with Gasteiger partial charge in [-0.05, 0) is 30.7 Å². The number of ether oxygens (including phenoxy) is 1. The van der Waals surface area contributed by atoms with Crippen molar-refractivity contribution in [1.82, 2.24) is 9.55 Å². The second kappa shape index (κ2) is 8.83. The lowest BCUT2D eigenvalue weighted by atomic mass is 10.1. The van der Waals surface area contributed by atoms with Crippen LogP contribution in [-0.2, 0) is 6.54 Å². The molecular weight excluding hydrogens is 364 g/mol. The highest BCUT2D eigenvalue weighted by Gasteiger charge is 2.16. The Bertz CT molecular complexity index is 1020. The normalized spacial score (nSPS) is 10.9. The first kappa shape index (κ1) is 19.1. The number of hydrogen-bond donors (Lipinski definition) is 1. The van der Waals surface area contributed by atoms with E-state index in [1.165, 1.54) is 23.4 Å². The molecule has 0 aliphatic rings. The lowest BCUT2D eigenvalue weighted by molar-refractivity contribution is 0.101. The number of fused-ring (bicyclic) bond motifs is 1. The molecule has 0 unspecified atom stereocenters. The number of thioether (sulfide) groups is 1. The van der Waals surface area contributed by atoms with Crippen LogP contribution in [-0.4, -0.2) is 39.9 Å². The van der Waals surface area contributed by atoms with Crippen LogP contribution in [0.15, 0.2) is 58.5 Å². The number of nitrogens with zero attached hydrogens (tertiary/aromatic N) is 2. The molecule has 0 saturated carbocycles. The van der Waals surface area contributed by atoms with Crippen molar-refractivity contribution in [2.75, 3.05) is 19.5 Å². The molecular formula is C20H20N2O4S. The molecule has 1 heterocycles. The summed E-state index contributed by atoms with van der Waals surface area (Å²) in [6.45, 7) is 0.321. The number of ketones is 1. The van der Waals surface area contributed by atoms with Crippen molar-refractivity contribution in [3.63, 3.8) is 0 Å². The molecule has 3 aromatic rings. The molecule has 1 aromatic heterocycles. The van der Waals surface area contributed by atoms with E-state index in [-0.39, 0.29) is 23.7 Å². The molecule has 0 fully saturated rings. The van der Waals surface area contributed by atoms with Crippen LogP contribution in [0, 0.1) is 0 Å². The Morgan fingerprint density at radius 3 is 2.70 bits per heavy atom. The molecule has 140 valence electrons. The topological polar surface area (TPSA) is 81.4 Å². The monoisotopic (exact) mass is 384 g/mol. The van der Waals surface area contributed by atoms with Gasteiger partial charge in [-0.3, -0.25) is 14.2 Å². The second-order valence-electron chi connectivity index (χ2n) is 5.86. The quantitative estimate of drug-likeness (QED) is 0.365. The number of aliphatic hydroxyl groups is 1. The van der Waals surface area contributed by atoms with Crippen molar-refractivity contribution in [2.45, 2.75) is 18.1 Å². The molecule has 0 bridgehead atoms. The summed E-state index contributed by atoms with van der Waals surface area (Å²) in [4.78, 5) is 30.0. The van der Waals surface area contributed by atoms with Crippen LogP contribution in [0.1, 0.15) is 16.8 Å². The molecule has 6 nitrogen and oxygen atoms in total. The minimum absolute atomic E-state index is 0.0243. The molecule has 0 aliphatic carbocycles. The Balaban J connectivity index is 1.91. The molecule has 0 amide bonds. The number of carbonyl (C=O) groups excluding carboxylic acids is 1. The third kappa shape index (κ3) is 4.20. The third-order valence-corrected chi connectivity index (χ3v) is 5.08. The van der Waals surface area contributed by atoms with Crippen LogP contribution >= 0.6 is 11.8 Å². The lowest BCUT2D eigenvalue weighted by Gasteiger charge is -2.13. The number of Topliss-reactive ketones (excluding diaryl/α,β-unsaturated/α-hetero) is 1. The highest BCUT2D eigenvalue weighted by molar-refractivity contribution is 7.99. The molecule has 2 aromatic carbocycles. The van der Waals surface area contributed by atoms with Gasteiger partial charge in [-0.2, -0.15) is 0 Å². The third-order valence-electron chi connectivity index (χ3n) is 4.11. The SMILES string of the molecule is COc1ccccc1C(=O)CSc1nc2ccccc2c(=O)n1CCCO. The summed E-state index contributed by atoms with van der Waals surface area (Å²) >= 11 is 1.21. The van der Waals surface area contributed by atoms with E-state index in [2.05, 4.69) is 4.98 Å². The largest absolute Gasteiger partial charge is 0.496 e. The van der Waals surface area contributed by atoms with Crippen molar-refractivity contribution >= 4 is 28.4 Å². The minimum Gasteiger partial charge on any atom is -0.496 e. The summed E-state index contributed by atoms with van der Waals surface area (Å²) < 4.78 is 6.77. The smallest absolute Gasteiger partial charge is 0.262 e.